The third-order valence-electron chi connectivity index (χ3n) is 12.6. The van der Waals surface area contributed by atoms with Crippen molar-refractivity contribution in [1.82, 2.24) is 10.2 Å². The Morgan fingerprint density at radius 2 is 1.84 bits per heavy atom. The van der Waals surface area contributed by atoms with Gasteiger partial charge in [-0.1, -0.05) is 32.1 Å². The van der Waals surface area contributed by atoms with Gasteiger partial charge in [0.1, 0.15) is 0 Å². The number of furan rings is 1. The van der Waals surface area contributed by atoms with E-state index in [1.54, 1.807) is 30.4 Å². The molecule has 8 nitrogen and oxygen atoms in total. The molecule has 236 valence electrons. The number of fused-ring (bicyclic) bond motifs is 1. The molecule has 1 aromatic rings. The van der Waals surface area contributed by atoms with Crippen LogP contribution in [-0.4, -0.2) is 71.5 Å². The number of ether oxygens (including phenoxy) is 1. The number of Topliss-reactive ketones (excluding diaryl/α,β-unsaturated/α-hetero) is 1. The highest BCUT2D eigenvalue weighted by atomic mass is 16.5. The number of hydrogen-bond acceptors (Lipinski definition) is 6. The molecule has 3 fully saturated rings. The fourth-order valence-electron chi connectivity index (χ4n) is 10.4. The van der Waals surface area contributed by atoms with Crippen LogP contribution in [0.4, 0.5) is 4.79 Å². The van der Waals surface area contributed by atoms with Crippen LogP contribution in [-0.2, 0) is 4.74 Å². The molecule has 1 heterocycles. The second-order valence-electron chi connectivity index (χ2n) is 15.0. The topological polar surface area (TPSA) is 112 Å². The van der Waals surface area contributed by atoms with E-state index in [-0.39, 0.29) is 47.1 Å². The SMILES string of the molecule is COCCCN(CC1(O)CCC2C34C=CC5(C=C3C(=O)c3ccco3)CC(O)CCC5(C)C4CCC21C)C(=O)NC(C)C. The van der Waals surface area contributed by atoms with Crippen LogP contribution in [0.2, 0.25) is 0 Å². The molecule has 8 unspecified atom stereocenters. The number of nitrogens with one attached hydrogen (secondary N) is 1. The van der Waals surface area contributed by atoms with Crippen LogP contribution in [0.15, 0.2) is 46.6 Å². The second-order valence-corrected chi connectivity index (χ2v) is 15.0. The fraction of sp³-hybridized carbons (Fsp3) is 0.714. The van der Waals surface area contributed by atoms with Gasteiger partial charge in [0.05, 0.1) is 24.5 Å². The van der Waals surface area contributed by atoms with E-state index in [4.69, 9.17) is 9.15 Å². The Labute approximate surface area is 255 Å². The van der Waals surface area contributed by atoms with E-state index in [1.807, 2.05) is 13.8 Å². The van der Waals surface area contributed by atoms with Crippen molar-refractivity contribution in [3.05, 3.63) is 48.0 Å². The summed E-state index contributed by atoms with van der Waals surface area (Å²) in [7, 11) is 1.66. The molecule has 2 spiro atoms. The summed E-state index contributed by atoms with van der Waals surface area (Å²) in [6.45, 7) is 9.75. The first-order valence-corrected chi connectivity index (χ1v) is 16.3. The number of carbonyl (C=O) groups is 2. The molecule has 3 saturated carbocycles. The predicted molar refractivity (Wildman–Crippen MR) is 163 cm³/mol. The zero-order chi connectivity index (χ0) is 30.8. The van der Waals surface area contributed by atoms with Gasteiger partial charge in [-0.2, -0.15) is 0 Å². The summed E-state index contributed by atoms with van der Waals surface area (Å²) < 4.78 is 11.0. The average Bonchev–Trinajstić information content (AvgIpc) is 3.58. The highest BCUT2D eigenvalue weighted by molar-refractivity contribution is 6.08. The maximum atomic E-state index is 14.3. The molecule has 2 bridgehead atoms. The Morgan fingerprint density at radius 3 is 2.53 bits per heavy atom. The lowest BCUT2D eigenvalue weighted by Gasteiger charge is -2.71. The molecule has 2 amide bonds. The Hall–Kier alpha value is -2.42. The molecular formula is C35H50N2O6. The van der Waals surface area contributed by atoms with Gasteiger partial charge in [0.15, 0.2) is 5.76 Å². The largest absolute Gasteiger partial charge is 0.461 e. The van der Waals surface area contributed by atoms with Gasteiger partial charge in [-0.15, -0.1) is 0 Å². The third kappa shape index (κ3) is 4.33. The smallest absolute Gasteiger partial charge is 0.317 e. The summed E-state index contributed by atoms with van der Waals surface area (Å²) in [6, 6.07) is 3.32. The quantitative estimate of drug-likeness (QED) is 0.198. The summed E-state index contributed by atoms with van der Waals surface area (Å²) in [5, 5.41) is 26.6. The average molecular weight is 595 g/mol. The van der Waals surface area contributed by atoms with E-state index >= 15 is 0 Å². The Kier molecular flexibility index (Phi) is 7.54. The number of carbonyl (C=O) groups excluding carboxylic acids is 2. The van der Waals surface area contributed by atoms with Gasteiger partial charge in [-0.3, -0.25) is 4.79 Å². The first-order chi connectivity index (χ1) is 20.4. The molecule has 8 heteroatoms. The predicted octanol–water partition coefficient (Wildman–Crippen LogP) is 5.51. The summed E-state index contributed by atoms with van der Waals surface area (Å²) in [5.74, 6) is 0.475. The number of aliphatic hydroxyl groups excluding tert-OH is 1. The number of amides is 2. The molecule has 0 radical (unpaired) electrons. The van der Waals surface area contributed by atoms with E-state index in [2.05, 4.69) is 37.4 Å². The molecule has 6 aliphatic rings. The van der Waals surface area contributed by atoms with Gasteiger partial charge < -0.3 is 29.6 Å². The lowest BCUT2D eigenvalue weighted by Crippen LogP contribution is -2.67. The van der Waals surface area contributed by atoms with Crippen LogP contribution in [0, 0.1) is 33.5 Å². The minimum atomic E-state index is -1.11. The maximum Gasteiger partial charge on any atom is 0.317 e. The third-order valence-corrected chi connectivity index (χ3v) is 12.6. The lowest BCUT2D eigenvalue weighted by atomic mass is 9.32. The minimum Gasteiger partial charge on any atom is -0.461 e. The first-order valence-electron chi connectivity index (χ1n) is 16.3. The van der Waals surface area contributed by atoms with E-state index < -0.39 is 22.5 Å². The van der Waals surface area contributed by atoms with Crippen LogP contribution in [0.3, 0.4) is 0 Å². The Bertz CT molecular complexity index is 1310. The van der Waals surface area contributed by atoms with Crippen molar-refractivity contribution in [1.29, 1.82) is 0 Å². The van der Waals surface area contributed by atoms with Gasteiger partial charge in [-0.25, -0.2) is 4.79 Å². The maximum absolute atomic E-state index is 14.3. The number of allylic oxidation sites excluding steroid dienone is 4. The number of urea groups is 1. The van der Waals surface area contributed by atoms with Crippen molar-refractivity contribution in [2.45, 2.75) is 96.8 Å². The second kappa shape index (κ2) is 10.6. The van der Waals surface area contributed by atoms with E-state index in [9.17, 15) is 19.8 Å². The molecule has 0 aliphatic heterocycles. The summed E-state index contributed by atoms with van der Waals surface area (Å²) >= 11 is 0. The standard InChI is InChI=1S/C35H50N2O6/c1-23(2)36-30(40)37(17-7-18-42-5)22-34(41)14-11-28-32(34,4)13-10-27-31(3)12-9-24(38)20-33(31)15-16-35(27,28)25(21-33)29(39)26-8-6-19-43-26/h6,8,15-16,19,21,23-24,27-28,38,41H,7,9-14,17-18,20,22H2,1-5H3,(H,36,40). The summed E-state index contributed by atoms with van der Waals surface area (Å²) in [6.07, 6.45) is 14.0. The van der Waals surface area contributed by atoms with Crippen molar-refractivity contribution < 1.29 is 29.0 Å². The Morgan fingerprint density at radius 1 is 1.12 bits per heavy atom. The zero-order valence-electron chi connectivity index (χ0n) is 26.5. The molecule has 3 N–H and O–H groups in total. The molecule has 7 rings (SSSR count). The van der Waals surface area contributed by atoms with Gasteiger partial charge in [-0.05, 0) is 94.6 Å². The zero-order valence-corrected chi connectivity index (χ0v) is 26.5. The van der Waals surface area contributed by atoms with Crippen LogP contribution in [0.1, 0.15) is 89.6 Å². The van der Waals surface area contributed by atoms with Gasteiger partial charge in [0, 0.05) is 48.1 Å². The van der Waals surface area contributed by atoms with Gasteiger partial charge >= 0.3 is 6.03 Å². The highest BCUT2D eigenvalue weighted by Gasteiger charge is 2.74. The van der Waals surface area contributed by atoms with Crippen molar-refractivity contribution in [2.24, 2.45) is 33.5 Å². The number of ketones is 1. The van der Waals surface area contributed by atoms with Crippen molar-refractivity contribution in [2.75, 3.05) is 26.8 Å². The van der Waals surface area contributed by atoms with E-state index in [0.717, 1.165) is 37.7 Å². The summed E-state index contributed by atoms with van der Waals surface area (Å²) in [4.78, 5) is 29.5. The minimum absolute atomic E-state index is 0.0149. The molecular weight excluding hydrogens is 544 g/mol. The monoisotopic (exact) mass is 594 g/mol. The van der Waals surface area contributed by atoms with Crippen molar-refractivity contribution in [3.63, 3.8) is 0 Å². The van der Waals surface area contributed by atoms with E-state index in [0.29, 0.717) is 38.2 Å². The van der Waals surface area contributed by atoms with Crippen LogP contribution >= 0.6 is 0 Å². The highest BCUT2D eigenvalue weighted by Crippen LogP contribution is 2.78. The number of aliphatic hydroxyl groups is 2. The Balaban J connectivity index is 1.42. The summed E-state index contributed by atoms with van der Waals surface area (Å²) in [5.41, 5.74) is -1.89. The molecule has 0 saturated heterocycles. The van der Waals surface area contributed by atoms with Crippen molar-refractivity contribution >= 4 is 11.8 Å². The number of hydrogen-bond donors (Lipinski definition) is 3. The molecule has 8 atom stereocenters. The lowest BCUT2D eigenvalue weighted by molar-refractivity contribution is -0.174. The first kappa shape index (κ1) is 30.6. The molecule has 0 aromatic carbocycles. The van der Waals surface area contributed by atoms with Gasteiger partial charge in [0.2, 0.25) is 5.78 Å². The number of nitrogens with zero attached hydrogens (tertiary/aromatic N) is 1. The van der Waals surface area contributed by atoms with Crippen molar-refractivity contribution in [3.8, 4) is 0 Å². The normalized spacial score (nSPS) is 40.9. The van der Waals surface area contributed by atoms with Crippen LogP contribution in [0.25, 0.3) is 0 Å². The van der Waals surface area contributed by atoms with Crippen LogP contribution < -0.4 is 5.32 Å². The number of methoxy groups -OCH3 is 1. The van der Waals surface area contributed by atoms with E-state index in [1.165, 1.54) is 0 Å². The fourth-order valence-corrected chi connectivity index (χ4v) is 10.4. The molecule has 6 aliphatic carbocycles. The number of rotatable bonds is 9. The molecule has 43 heavy (non-hydrogen) atoms. The van der Waals surface area contributed by atoms with Gasteiger partial charge in [0.25, 0.3) is 0 Å². The van der Waals surface area contributed by atoms with Crippen LogP contribution in [0.5, 0.6) is 0 Å². The molecule has 1 aromatic heterocycles.